The number of amides is 2. The Morgan fingerprint density at radius 3 is 2.43 bits per heavy atom. The minimum absolute atomic E-state index is 0.0124. The average Bonchev–Trinajstić information content (AvgIpc) is 3.67. The van der Waals surface area contributed by atoms with E-state index in [1.165, 1.54) is 44.2 Å². The predicted octanol–water partition coefficient (Wildman–Crippen LogP) is 6.43. The molecule has 2 aliphatic rings. The van der Waals surface area contributed by atoms with Gasteiger partial charge in [-0.05, 0) is 86.1 Å². The number of nitrogens with zero attached hydrogens (tertiary/aromatic N) is 3. The van der Waals surface area contributed by atoms with Crippen molar-refractivity contribution in [3.8, 4) is 23.0 Å². The first-order valence-electron chi connectivity index (χ1n) is 15.4. The molecule has 8 nitrogen and oxygen atoms in total. The first-order valence-corrected chi connectivity index (χ1v) is 15.8. The normalized spacial score (nSPS) is 17.9. The largest absolute Gasteiger partial charge is 0.435 e. The molecule has 266 valence electrons. The lowest BCUT2D eigenvalue weighted by Crippen LogP contribution is -2.35. The van der Waals surface area contributed by atoms with Crippen molar-refractivity contribution in [1.29, 1.82) is 0 Å². The highest BCUT2D eigenvalue weighted by molar-refractivity contribution is 6.33. The SMILES string of the molecule is CC(C)(O)C#Cc1ccc(-c2ccc(Cl)c(C(N)=O)c2)c([C@H](Cc2cc(F)cc(F)c2)NC(=O)Cn2nc(C(F)(F)F)c3c2C(F)(F)[C@@H]2C[C@H]32)n1. The molecule has 3 atom stereocenters. The van der Waals surface area contributed by atoms with Crippen molar-refractivity contribution in [3.63, 3.8) is 0 Å². The molecule has 0 unspecified atom stereocenters. The van der Waals surface area contributed by atoms with Gasteiger partial charge in [0, 0.05) is 23.1 Å². The van der Waals surface area contributed by atoms with Crippen molar-refractivity contribution in [2.24, 2.45) is 11.7 Å². The highest BCUT2D eigenvalue weighted by Gasteiger charge is 2.68. The summed E-state index contributed by atoms with van der Waals surface area (Å²) in [5.41, 5.74) is 1.43. The quantitative estimate of drug-likeness (QED) is 0.142. The molecule has 0 bridgehead atoms. The highest BCUT2D eigenvalue weighted by atomic mass is 35.5. The maximum absolute atomic E-state index is 15.2. The third-order valence-corrected chi connectivity index (χ3v) is 8.81. The van der Waals surface area contributed by atoms with E-state index in [0.29, 0.717) is 16.3 Å². The Bertz CT molecular complexity index is 2130. The van der Waals surface area contributed by atoms with Crippen molar-refractivity contribution in [1.82, 2.24) is 20.1 Å². The standard InChI is InChI=1S/C35H27ClF7N5O3/c1-33(2,51)8-7-20-4-5-21(17-3-6-25(36)23(12-17)32(44)50)29(45-20)26(11-16-9-18(37)13-19(38)10-16)46-27(49)15-48-31-28(30(47-48)35(41,42)43)22-14-24(22)34(31,39)40/h3-6,9-10,12-13,22,24,26,51H,11,14-15H2,1-2H3,(H2,44,50)(H,46,49)/t22-,24+,26-/m0/s1. The third-order valence-electron chi connectivity index (χ3n) is 8.49. The van der Waals surface area contributed by atoms with Crippen LogP contribution >= 0.6 is 11.6 Å². The fourth-order valence-corrected chi connectivity index (χ4v) is 6.51. The molecule has 2 aromatic carbocycles. The van der Waals surface area contributed by atoms with Crippen LogP contribution in [0, 0.1) is 29.4 Å². The molecule has 4 N–H and O–H groups in total. The van der Waals surface area contributed by atoms with Gasteiger partial charge in [-0.2, -0.15) is 27.1 Å². The lowest BCUT2D eigenvalue weighted by molar-refractivity contribution is -0.142. The molecule has 0 aliphatic heterocycles. The minimum atomic E-state index is -5.06. The molecule has 2 aromatic heterocycles. The van der Waals surface area contributed by atoms with Crippen molar-refractivity contribution in [2.75, 3.05) is 0 Å². The van der Waals surface area contributed by atoms with Gasteiger partial charge in [-0.3, -0.25) is 14.3 Å². The molecule has 0 radical (unpaired) electrons. The molecule has 2 aliphatic carbocycles. The Balaban J connectivity index is 1.46. The number of alkyl halides is 5. The molecule has 51 heavy (non-hydrogen) atoms. The van der Waals surface area contributed by atoms with Crippen molar-refractivity contribution >= 4 is 23.4 Å². The van der Waals surface area contributed by atoms with Gasteiger partial charge in [-0.25, -0.2) is 13.8 Å². The Hall–Kier alpha value is -4.94. The van der Waals surface area contributed by atoms with E-state index in [-0.39, 0.29) is 45.9 Å². The number of rotatable bonds is 8. The second-order valence-electron chi connectivity index (χ2n) is 12.9. The zero-order valence-electron chi connectivity index (χ0n) is 26.7. The minimum Gasteiger partial charge on any atom is -0.378 e. The summed E-state index contributed by atoms with van der Waals surface area (Å²) in [6, 6.07) is 8.41. The zero-order chi connectivity index (χ0) is 37.2. The number of halogens is 8. The number of aliphatic hydroxyl groups is 1. The summed E-state index contributed by atoms with van der Waals surface area (Å²) < 4.78 is 101. The van der Waals surface area contributed by atoms with E-state index < -0.39 is 82.5 Å². The predicted molar refractivity (Wildman–Crippen MR) is 169 cm³/mol. The van der Waals surface area contributed by atoms with Crippen molar-refractivity contribution in [3.05, 3.63) is 105 Å². The van der Waals surface area contributed by atoms with Crippen LogP contribution in [0.3, 0.4) is 0 Å². The van der Waals surface area contributed by atoms with Gasteiger partial charge in [0.1, 0.15) is 35.2 Å². The lowest BCUT2D eigenvalue weighted by atomic mass is 9.94. The van der Waals surface area contributed by atoms with Gasteiger partial charge in [0.05, 0.1) is 22.3 Å². The summed E-state index contributed by atoms with van der Waals surface area (Å²) in [6.45, 7) is 1.76. The first kappa shape index (κ1) is 35.9. The molecule has 16 heteroatoms. The number of fused-ring (bicyclic) bond motifs is 3. The van der Waals surface area contributed by atoms with Gasteiger partial charge in [-0.1, -0.05) is 23.6 Å². The molecule has 1 saturated carbocycles. The Morgan fingerprint density at radius 1 is 1.12 bits per heavy atom. The second-order valence-corrected chi connectivity index (χ2v) is 13.3. The first-order chi connectivity index (χ1) is 23.7. The molecule has 6 rings (SSSR count). The summed E-state index contributed by atoms with van der Waals surface area (Å²) in [5, 5.41) is 16.2. The number of nitrogens with two attached hydrogens (primary N) is 1. The van der Waals surface area contributed by atoms with E-state index in [2.05, 4.69) is 27.2 Å². The van der Waals surface area contributed by atoms with Gasteiger partial charge in [0.15, 0.2) is 5.69 Å². The number of carbonyl (C=O) groups is 2. The smallest absolute Gasteiger partial charge is 0.378 e. The molecule has 2 amide bonds. The zero-order valence-corrected chi connectivity index (χ0v) is 27.4. The van der Waals surface area contributed by atoms with Gasteiger partial charge in [-0.15, -0.1) is 0 Å². The number of pyridine rings is 1. The van der Waals surface area contributed by atoms with Crippen LogP contribution in [0.25, 0.3) is 11.1 Å². The third kappa shape index (κ3) is 7.29. The Morgan fingerprint density at radius 2 is 1.80 bits per heavy atom. The number of nitrogens with one attached hydrogen (secondary N) is 1. The van der Waals surface area contributed by atoms with Crippen LogP contribution in [0.1, 0.15) is 76.5 Å². The lowest BCUT2D eigenvalue weighted by Gasteiger charge is -2.23. The van der Waals surface area contributed by atoms with E-state index in [9.17, 15) is 36.6 Å². The molecule has 1 fully saturated rings. The number of benzene rings is 2. The molecule has 0 saturated heterocycles. The number of aromatic nitrogens is 3. The highest BCUT2D eigenvalue weighted by Crippen LogP contribution is 2.68. The summed E-state index contributed by atoms with van der Waals surface area (Å²) in [6.07, 6.45) is -5.57. The van der Waals surface area contributed by atoms with Gasteiger partial charge >= 0.3 is 6.18 Å². The molecule has 0 spiro atoms. The maximum Gasteiger partial charge on any atom is 0.435 e. The summed E-state index contributed by atoms with van der Waals surface area (Å²) >= 11 is 6.16. The Labute approximate surface area is 290 Å². The van der Waals surface area contributed by atoms with E-state index >= 15 is 8.78 Å². The number of hydrogen-bond donors (Lipinski definition) is 3. The molecule has 4 aromatic rings. The van der Waals surface area contributed by atoms with Crippen molar-refractivity contribution in [2.45, 2.75) is 62.9 Å². The van der Waals surface area contributed by atoms with Crippen LogP contribution in [0.4, 0.5) is 30.7 Å². The van der Waals surface area contributed by atoms with Crippen LogP contribution in [-0.4, -0.2) is 37.3 Å². The number of primary amides is 1. The fourth-order valence-electron chi connectivity index (χ4n) is 6.30. The van der Waals surface area contributed by atoms with Gasteiger partial charge in [0.2, 0.25) is 11.8 Å². The van der Waals surface area contributed by atoms with Crippen molar-refractivity contribution < 1.29 is 45.4 Å². The summed E-state index contributed by atoms with van der Waals surface area (Å²) in [7, 11) is 0. The van der Waals surface area contributed by atoms with Gasteiger partial charge in [0.25, 0.3) is 5.92 Å². The molecular weight excluding hydrogens is 707 g/mol. The fraction of sp³-hybridized carbons (Fsp3) is 0.314. The number of carbonyl (C=O) groups excluding carboxylic acids is 2. The van der Waals surface area contributed by atoms with Crippen LogP contribution in [0.15, 0.2) is 48.5 Å². The van der Waals surface area contributed by atoms with E-state index in [1.54, 1.807) is 0 Å². The van der Waals surface area contributed by atoms with Crippen LogP contribution in [-0.2, 0) is 29.9 Å². The summed E-state index contributed by atoms with van der Waals surface area (Å²) in [4.78, 5) is 30.3. The second kappa shape index (κ2) is 12.7. The van der Waals surface area contributed by atoms with Crippen LogP contribution in [0.2, 0.25) is 5.02 Å². The van der Waals surface area contributed by atoms with E-state index in [1.807, 2.05) is 0 Å². The average molecular weight is 734 g/mol. The monoisotopic (exact) mass is 733 g/mol. The van der Waals surface area contributed by atoms with E-state index in [4.69, 9.17) is 17.3 Å². The van der Waals surface area contributed by atoms with Crippen LogP contribution in [0.5, 0.6) is 0 Å². The summed E-state index contributed by atoms with van der Waals surface area (Å²) in [5.74, 6) is -4.61. The van der Waals surface area contributed by atoms with Gasteiger partial charge < -0.3 is 16.2 Å². The molecular formula is C35H27ClF7N5O3. The topological polar surface area (TPSA) is 123 Å². The number of hydrogen-bond acceptors (Lipinski definition) is 5. The Kier molecular flexibility index (Phi) is 8.92. The molecule has 2 heterocycles. The van der Waals surface area contributed by atoms with E-state index in [0.717, 1.165) is 12.1 Å². The van der Waals surface area contributed by atoms with Crippen LogP contribution < -0.4 is 11.1 Å². The maximum atomic E-state index is 15.2.